The average molecular weight is 320 g/mol. The van der Waals surface area contributed by atoms with Gasteiger partial charge in [-0.3, -0.25) is 4.39 Å². The zero-order valence-electron chi connectivity index (χ0n) is 9.59. The van der Waals surface area contributed by atoms with Crippen LogP contribution in [0, 0.1) is 0 Å². The molecular formula is C9H9F9O2. The third kappa shape index (κ3) is 2.95. The standard InChI is InChI=1S/C9H9F9O2/c10-4-2-1-3-6(11,12)8(15,16)9(17,18)7(13,14)5(19)20/h1-4H2,(H,19,20). The van der Waals surface area contributed by atoms with Crippen LogP contribution in [0.25, 0.3) is 0 Å². The Labute approximate surface area is 106 Å². The smallest absolute Gasteiger partial charge is 0.410 e. The summed E-state index contributed by atoms with van der Waals surface area (Å²) in [5.41, 5.74) is 0. The molecule has 0 rings (SSSR count). The van der Waals surface area contributed by atoms with Gasteiger partial charge in [-0.15, -0.1) is 0 Å². The van der Waals surface area contributed by atoms with Gasteiger partial charge in [-0.05, 0) is 12.8 Å². The van der Waals surface area contributed by atoms with Crippen molar-refractivity contribution in [2.24, 2.45) is 0 Å². The number of hydrogen-bond donors (Lipinski definition) is 1. The summed E-state index contributed by atoms with van der Waals surface area (Å²) < 4.78 is 114. The number of aliphatic carboxylic acids is 1. The zero-order valence-corrected chi connectivity index (χ0v) is 9.59. The van der Waals surface area contributed by atoms with Crippen molar-refractivity contribution < 1.29 is 49.4 Å². The highest BCUT2D eigenvalue weighted by atomic mass is 19.4. The molecule has 0 aromatic rings. The Balaban J connectivity index is 5.43. The van der Waals surface area contributed by atoms with Crippen LogP contribution in [0.2, 0.25) is 0 Å². The van der Waals surface area contributed by atoms with Gasteiger partial charge in [0.2, 0.25) is 0 Å². The Morgan fingerprint density at radius 2 is 1.30 bits per heavy atom. The van der Waals surface area contributed by atoms with Crippen LogP contribution in [0.5, 0.6) is 0 Å². The van der Waals surface area contributed by atoms with E-state index in [2.05, 4.69) is 0 Å². The molecule has 0 aromatic heterocycles. The third-order valence-corrected chi connectivity index (χ3v) is 2.39. The minimum atomic E-state index is -6.81. The number of hydrogen-bond acceptors (Lipinski definition) is 1. The molecule has 20 heavy (non-hydrogen) atoms. The highest BCUT2D eigenvalue weighted by Gasteiger charge is 2.82. The maximum absolute atomic E-state index is 12.9. The molecule has 0 unspecified atom stereocenters. The minimum Gasteiger partial charge on any atom is -0.477 e. The molecule has 0 bridgehead atoms. The summed E-state index contributed by atoms with van der Waals surface area (Å²) in [7, 11) is 0. The van der Waals surface area contributed by atoms with Crippen molar-refractivity contribution in [3.05, 3.63) is 0 Å². The fraction of sp³-hybridized carbons (Fsp3) is 0.889. The maximum atomic E-state index is 12.9. The maximum Gasteiger partial charge on any atom is 0.410 e. The van der Waals surface area contributed by atoms with Crippen LogP contribution in [0.3, 0.4) is 0 Å². The molecule has 0 aliphatic heterocycles. The van der Waals surface area contributed by atoms with E-state index in [9.17, 15) is 44.3 Å². The lowest BCUT2D eigenvalue weighted by molar-refractivity contribution is -0.360. The largest absolute Gasteiger partial charge is 0.477 e. The van der Waals surface area contributed by atoms with Crippen molar-refractivity contribution in [3.8, 4) is 0 Å². The molecule has 0 spiro atoms. The van der Waals surface area contributed by atoms with E-state index in [1.807, 2.05) is 0 Å². The number of halogens is 9. The van der Waals surface area contributed by atoms with Crippen LogP contribution in [0.15, 0.2) is 0 Å². The van der Waals surface area contributed by atoms with Gasteiger partial charge in [-0.1, -0.05) is 0 Å². The number of carboxylic acids is 1. The summed E-state index contributed by atoms with van der Waals surface area (Å²) in [5.74, 6) is -29.1. The van der Waals surface area contributed by atoms with Crippen molar-refractivity contribution in [1.82, 2.24) is 0 Å². The van der Waals surface area contributed by atoms with Gasteiger partial charge in [0, 0.05) is 6.42 Å². The Morgan fingerprint density at radius 3 is 1.65 bits per heavy atom. The predicted molar refractivity (Wildman–Crippen MR) is 47.2 cm³/mol. The SMILES string of the molecule is O=C(O)C(F)(F)C(F)(F)C(F)(F)C(F)(F)CCCCF. The molecule has 0 heterocycles. The van der Waals surface area contributed by atoms with E-state index in [0.717, 1.165) is 0 Å². The molecule has 2 nitrogen and oxygen atoms in total. The van der Waals surface area contributed by atoms with Crippen LogP contribution in [-0.4, -0.2) is 41.4 Å². The molecule has 1 N–H and O–H groups in total. The van der Waals surface area contributed by atoms with Crippen molar-refractivity contribution >= 4 is 5.97 Å². The van der Waals surface area contributed by atoms with E-state index in [0.29, 0.717) is 0 Å². The van der Waals surface area contributed by atoms with Crippen LogP contribution in [0.4, 0.5) is 39.5 Å². The minimum absolute atomic E-state index is 0.660. The van der Waals surface area contributed by atoms with Crippen LogP contribution < -0.4 is 0 Å². The van der Waals surface area contributed by atoms with E-state index in [4.69, 9.17) is 5.11 Å². The second-order valence-electron chi connectivity index (χ2n) is 3.88. The molecule has 11 heteroatoms. The van der Waals surface area contributed by atoms with E-state index in [1.165, 1.54) is 0 Å². The van der Waals surface area contributed by atoms with Crippen molar-refractivity contribution in [3.63, 3.8) is 0 Å². The summed E-state index contributed by atoms with van der Waals surface area (Å²) in [4.78, 5) is 9.84. The highest BCUT2D eigenvalue weighted by molar-refractivity contribution is 5.77. The molecule has 0 fully saturated rings. The highest BCUT2D eigenvalue weighted by Crippen LogP contribution is 2.53. The lowest BCUT2D eigenvalue weighted by Gasteiger charge is -2.35. The first kappa shape index (κ1) is 18.8. The topological polar surface area (TPSA) is 37.3 Å². The van der Waals surface area contributed by atoms with Crippen LogP contribution in [-0.2, 0) is 4.79 Å². The lowest BCUT2D eigenvalue weighted by Crippen LogP contribution is -2.64. The fourth-order valence-electron chi connectivity index (χ4n) is 1.16. The van der Waals surface area contributed by atoms with Gasteiger partial charge in [0.05, 0.1) is 6.67 Å². The molecule has 0 aliphatic rings. The van der Waals surface area contributed by atoms with Crippen LogP contribution >= 0.6 is 0 Å². The van der Waals surface area contributed by atoms with Crippen molar-refractivity contribution in [1.29, 1.82) is 0 Å². The predicted octanol–water partition coefficient (Wildman–Crippen LogP) is 3.75. The number of alkyl halides is 9. The second-order valence-corrected chi connectivity index (χ2v) is 3.88. The number of carbonyl (C=O) groups is 1. The molecule has 0 atom stereocenters. The van der Waals surface area contributed by atoms with E-state index in [1.54, 1.807) is 0 Å². The first-order valence-electron chi connectivity index (χ1n) is 5.06. The Bertz CT molecular complexity index is 353. The van der Waals surface area contributed by atoms with Gasteiger partial charge in [0.25, 0.3) is 0 Å². The fourth-order valence-corrected chi connectivity index (χ4v) is 1.16. The monoisotopic (exact) mass is 320 g/mol. The molecule has 0 radical (unpaired) electrons. The van der Waals surface area contributed by atoms with Crippen molar-refractivity contribution in [2.45, 2.75) is 43.0 Å². The molecule has 0 saturated carbocycles. The Kier molecular flexibility index (Phi) is 5.35. The van der Waals surface area contributed by atoms with Gasteiger partial charge in [0.1, 0.15) is 0 Å². The summed E-state index contributed by atoms with van der Waals surface area (Å²) in [6, 6.07) is 0. The van der Waals surface area contributed by atoms with Crippen LogP contribution in [0.1, 0.15) is 19.3 Å². The molecule has 120 valence electrons. The quantitative estimate of drug-likeness (QED) is 0.546. The summed E-state index contributed by atoms with van der Waals surface area (Å²) in [5, 5.41) is 7.76. The Morgan fingerprint density at radius 1 is 0.850 bits per heavy atom. The number of rotatable bonds is 8. The summed E-state index contributed by atoms with van der Waals surface area (Å²) in [6.45, 7) is -1.19. The average Bonchev–Trinajstić information content (AvgIpc) is 2.28. The second kappa shape index (κ2) is 5.68. The Hall–Kier alpha value is -1.16. The molecule has 0 aromatic carbocycles. The first-order valence-corrected chi connectivity index (χ1v) is 5.06. The summed E-state index contributed by atoms with van der Waals surface area (Å²) in [6.07, 6.45) is -3.62. The van der Waals surface area contributed by atoms with Gasteiger partial charge in [-0.25, -0.2) is 4.79 Å². The number of carboxylic acid groups (broad SMARTS) is 1. The molecular weight excluding hydrogens is 311 g/mol. The molecule has 0 saturated heterocycles. The zero-order chi connectivity index (χ0) is 16.4. The summed E-state index contributed by atoms with van der Waals surface area (Å²) >= 11 is 0. The first-order chi connectivity index (χ1) is 8.75. The van der Waals surface area contributed by atoms with E-state index >= 15 is 0 Å². The van der Waals surface area contributed by atoms with Gasteiger partial charge >= 0.3 is 29.7 Å². The third-order valence-electron chi connectivity index (χ3n) is 2.39. The molecule has 0 amide bonds. The lowest BCUT2D eigenvalue weighted by atomic mass is 9.95. The van der Waals surface area contributed by atoms with E-state index in [-0.39, 0.29) is 0 Å². The van der Waals surface area contributed by atoms with Gasteiger partial charge < -0.3 is 5.11 Å². The van der Waals surface area contributed by atoms with Gasteiger partial charge in [0.15, 0.2) is 0 Å². The normalized spacial score (nSPS) is 14.4. The van der Waals surface area contributed by atoms with Crippen molar-refractivity contribution in [2.75, 3.05) is 6.67 Å². The molecule has 0 aliphatic carbocycles. The van der Waals surface area contributed by atoms with E-state index < -0.39 is 55.6 Å². The van der Waals surface area contributed by atoms with Gasteiger partial charge in [-0.2, -0.15) is 35.1 Å². The number of unbranched alkanes of at least 4 members (excludes halogenated alkanes) is 1.